The van der Waals surface area contributed by atoms with Crippen LogP contribution in [0.5, 0.6) is 0 Å². The van der Waals surface area contributed by atoms with Crippen LogP contribution in [0.1, 0.15) is 36.4 Å². The molecule has 0 radical (unpaired) electrons. The van der Waals surface area contributed by atoms with Crippen LogP contribution in [0.15, 0.2) is 12.4 Å². The first-order valence-electron chi connectivity index (χ1n) is 7.78. The summed E-state index contributed by atoms with van der Waals surface area (Å²) in [6.07, 6.45) is 6.14. The molecule has 0 fully saturated rings. The standard InChI is InChI=1S/C16H27N5/c1-6-17-15(8-14-10-18-21(7-2)11-14)9-16-12(3)19-20(5)13(16)4/h10-11,15,17H,6-9H2,1-5H3. The van der Waals surface area contributed by atoms with E-state index in [0.717, 1.165) is 31.6 Å². The van der Waals surface area contributed by atoms with Gasteiger partial charge in [-0.15, -0.1) is 0 Å². The zero-order valence-corrected chi connectivity index (χ0v) is 13.8. The van der Waals surface area contributed by atoms with E-state index in [2.05, 4.69) is 49.4 Å². The van der Waals surface area contributed by atoms with E-state index in [1.165, 1.54) is 16.8 Å². The monoisotopic (exact) mass is 289 g/mol. The van der Waals surface area contributed by atoms with Gasteiger partial charge in [-0.3, -0.25) is 9.36 Å². The number of likely N-dealkylation sites (N-methyl/N-ethyl adjacent to an activating group) is 1. The third kappa shape index (κ3) is 3.73. The van der Waals surface area contributed by atoms with Crippen molar-refractivity contribution in [3.8, 4) is 0 Å². The summed E-state index contributed by atoms with van der Waals surface area (Å²) in [6.45, 7) is 10.4. The minimum absolute atomic E-state index is 0.422. The highest BCUT2D eigenvalue weighted by Crippen LogP contribution is 2.16. The van der Waals surface area contributed by atoms with E-state index in [9.17, 15) is 0 Å². The van der Waals surface area contributed by atoms with Gasteiger partial charge in [-0.05, 0) is 51.3 Å². The van der Waals surface area contributed by atoms with E-state index in [0.29, 0.717) is 6.04 Å². The average molecular weight is 289 g/mol. The molecule has 0 aromatic carbocycles. The Morgan fingerprint density at radius 1 is 1.24 bits per heavy atom. The summed E-state index contributed by atoms with van der Waals surface area (Å²) in [5.74, 6) is 0. The third-order valence-corrected chi connectivity index (χ3v) is 4.10. The van der Waals surface area contributed by atoms with Gasteiger partial charge in [-0.1, -0.05) is 6.92 Å². The van der Waals surface area contributed by atoms with Crippen molar-refractivity contribution < 1.29 is 0 Å². The SMILES string of the molecule is CCNC(Cc1cnn(CC)c1)Cc1c(C)nn(C)c1C. The summed E-state index contributed by atoms with van der Waals surface area (Å²) in [7, 11) is 2.01. The van der Waals surface area contributed by atoms with Crippen molar-refractivity contribution in [2.45, 2.75) is 53.1 Å². The summed E-state index contributed by atoms with van der Waals surface area (Å²) in [5, 5.41) is 12.5. The number of rotatable bonds is 7. The molecule has 1 atom stereocenters. The lowest BCUT2D eigenvalue weighted by molar-refractivity contribution is 0.519. The van der Waals surface area contributed by atoms with Gasteiger partial charge in [-0.25, -0.2) is 0 Å². The van der Waals surface area contributed by atoms with Crippen LogP contribution in [0.3, 0.4) is 0 Å². The molecule has 2 aromatic heterocycles. The Labute approximate surface area is 127 Å². The van der Waals surface area contributed by atoms with Gasteiger partial charge in [0.1, 0.15) is 0 Å². The van der Waals surface area contributed by atoms with Crippen LogP contribution in [-0.2, 0) is 26.4 Å². The lowest BCUT2D eigenvalue weighted by Gasteiger charge is -2.17. The van der Waals surface area contributed by atoms with E-state index in [-0.39, 0.29) is 0 Å². The predicted molar refractivity (Wildman–Crippen MR) is 85.5 cm³/mol. The summed E-state index contributed by atoms with van der Waals surface area (Å²) in [4.78, 5) is 0. The van der Waals surface area contributed by atoms with Crippen LogP contribution in [-0.4, -0.2) is 32.1 Å². The average Bonchev–Trinajstić information content (AvgIpc) is 2.99. The third-order valence-electron chi connectivity index (χ3n) is 4.10. The van der Waals surface area contributed by atoms with Crippen LogP contribution < -0.4 is 5.32 Å². The zero-order valence-electron chi connectivity index (χ0n) is 13.8. The van der Waals surface area contributed by atoms with E-state index in [1.807, 2.05) is 22.6 Å². The molecule has 1 N–H and O–H groups in total. The van der Waals surface area contributed by atoms with Crippen molar-refractivity contribution in [2.24, 2.45) is 7.05 Å². The Morgan fingerprint density at radius 2 is 2.00 bits per heavy atom. The summed E-state index contributed by atoms with van der Waals surface area (Å²) in [6, 6.07) is 0.422. The van der Waals surface area contributed by atoms with Crippen molar-refractivity contribution in [1.82, 2.24) is 24.9 Å². The molecule has 2 rings (SSSR count). The fraction of sp³-hybridized carbons (Fsp3) is 0.625. The van der Waals surface area contributed by atoms with Gasteiger partial charge in [0.05, 0.1) is 11.9 Å². The maximum absolute atomic E-state index is 4.52. The Morgan fingerprint density at radius 3 is 2.52 bits per heavy atom. The molecule has 5 nitrogen and oxygen atoms in total. The first kappa shape index (κ1) is 15.8. The molecule has 0 spiro atoms. The number of nitrogens with one attached hydrogen (secondary N) is 1. The highest BCUT2D eigenvalue weighted by Gasteiger charge is 2.16. The van der Waals surface area contributed by atoms with Crippen molar-refractivity contribution in [1.29, 1.82) is 0 Å². The second-order valence-electron chi connectivity index (χ2n) is 5.64. The molecule has 2 aromatic rings. The number of hydrogen-bond donors (Lipinski definition) is 1. The molecule has 1 unspecified atom stereocenters. The molecule has 0 saturated heterocycles. The molecule has 0 saturated carbocycles. The maximum Gasteiger partial charge on any atom is 0.0628 e. The normalized spacial score (nSPS) is 12.8. The molecule has 116 valence electrons. The highest BCUT2D eigenvalue weighted by atomic mass is 15.3. The molecule has 5 heteroatoms. The Bertz CT molecular complexity index is 582. The Hall–Kier alpha value is -1.62. The maximum atomic E-state index is 4.52. The smallest absolute Gasteiger partial charge is 0.0628 e. The first-order valence-corrected chi connectivity index (χ1v) is 7.78. The lowest BCUT2D eigenvalue weighted by Crippen LogP contribution is -2.33. The number of nitrogens with zero attached hydrogens (tertiary/aromatic N) is 4. The molecule has 21 heavy (non-hydrogen) atoms. The number of aromatic nitrogens is 4. The van der Waals surface area contributed by atoms with Crippen molar-refractivity contribution in [2.75, 3.05) is 6.54 Å². The van der Waals surface area contributed by atoms with Gasteiger partial charge < -0.3 is 5.32 Å². The van der Waals surface area contributed by atoms with Gasteiger partial charge in [-0.2, -0.15) is 10.2 Å². The van der Waals surface area contributed by atoms with Crippen LogP contribution >= 0.6 is 0 Å². The fourth-order valence-electron chi connectivity index (χ4n) is 2.83. The summed E-state index contributed by atoms with van der Waals surface area (Å²) in [5.41, 5.74) is 5.06. The topological polar surface area (TPSA) is 47.7 Å². The summed E-state index contributed by atoms with van der Waals surface area (Å²) >= 11 is 0. The lowest BCUT2D eigenvalue weighted by atomic mass is 9.99. The number of hydrogen-bond acceptors (Lipinski definition) is 3. The van der Waals surface area contributed by atoms with Crippen LogP contribution in [0.4, 0.5) is 0 Å². The molecular formula is C16H27N5. The van der Waals surface area contributed by atoms with Crippen molar-refractivity contribution in [3.63, 3.8) is 0 Å². The first-order chi connectivity index (χ1) is 10.0. The summed E-state index contributed by atoms with van der Waals surface area (Å²) < 4.78 is 3.96. The van der Waals surface area contributed by atoms with E-state index >= 15 is 0 Å². The van der Waals surface area contributed by atoms with Crippen LogP contribution in [0.25, 0.3) is 0 Å². The minimum Gasteiger partial charge on any atom is -0.314 e. The Kier molecular flexibility index (Phi) is 5.17. The van der Waals surface area contributed by atoms with E-state index < -0.39 is 0 Å². The minimum atomic E-state index is 0.422. The predicted octanol–water partition coefficient (Wildman–Crippen LogP) is 2.02. The van der Waals surface area contributed by atoms with E-state index in [1.54, 1.807) is 0 Å². The molecule has 0 aliphatic heterocycles. The molecule has 0 aliphatic rings. The van der Waals surface area contributed by atoms with Crippen molar-refractivity contribution >= 4 is 0 Å². The zero-order chi connectivity index (χ0) is 15.4. The highest BCUT2D eigenvalue weighted by molar-refractivity contribution is 5.26. The largest absolute Gasteiger partial charge is 0.314 e. The van der Waals surface area contributed by atoms with E-state index in [4.69, 9.17) is 0 Å². The van der Waals surface area contributed by atoms with Gasteiger partial charge in [0, 0.05) is 31.5 Å². The Balaban J connectivity index is 2.11. The molecule has 0 amide bonds. The number of aryl methyl sites for hydroxylation is 3. The second-order valence-corrected chi connectivity index (χ2v) is 5.64. The molecule has 0 aliphatic carbocycles. The van der Waals surface area contributed by atoms with Crippen LogP contribution in [0.2, 0.25) is 0 Å². The molecule has 2 heterocycles. The van der Waals surface area contributed by atoms with Gasteiger partial charge in [0.2, 0.25) is 0 Å². The molecule has 0 bridgehead atoms. The fourth-order valence-corrected chi connectivity index (χ4v) is 2.83. The quantitative estimate of drug-likeness (QED) is 0.848. The van der Waals surface area contributed by atoms with Crippen molar-refractivity contribution in [3.05, 3.63) is 34.9 Å². The van der Waals surface area contributed by atoms with Gasteiger partial charge >= 0.3 is 0 Å². The molecular weight excluding hydrogens is 262 g/mol. The van der Waals surface area contributed by atoms with Gasteiger partial charge in [0.25, 0.3) is 0 Å². The van der Waals surface area contributed by atoms with Crippen LogP contribution in [0, 0.1) is 13.8 Å². The van der Waals surface area contributed by atoms with Gasteiger partial charge in [0.15, 0.2) is 0 Å². The second kappa shape index (κ2) is 6.89.